The van der Waals surface area contributed by atoms with E-state index in [0.29, 0.717) is 24.2 Å². The van der Waals surface area contributed by atoms with Gasteiger partial charge < -0.3 is 9.80 Å². The molecular weight excluding hydrogens is 444 g/mol. The van der Waals surface area contributed by atoms with Crippen molar-refractivity contribution in [1.29, 1.82) is 0 Å². The zero-order chi connectivity index (χ0) is 25.7. The van der Waals surface area contributed by atoms with Crippen molar-refractivity contribution in [1.82, 2.24) is 0 Å². The third-order valence-electron chi connectivity index (χ3n) is 6.54. The van der Waals surface area contributed by atoms with Crippen LogP contribution in [0.5, 0.6) is 0 Å². The van der Waals surface area contributed by atoms with E-state index in [1.807, 2.05) is 125 Å². The molecule has 182 valence electrons. The molecule has 4 heteroatoms. The van der Waals surface area contributed by atoms with Crippen molar-refractivity contribution < 1.29 is 9.59 Å². The smallest absolute Gasteiger partial charge is 0.258 e. The van der Waals surface area contributed by atoms with E-state index >= 15 is 0 Å². The van der Waals surface area contributed by atoms with Crippen LogP contribution in [0.2, 0.25) is 0 Å². The van der Waals surface area contributed by atoms with Crippen LogP contribution in [0.15, 0.2) is 97.1 Å². The standard InChI is InChI=1S/C32H32N2O2/c1-5-33(29-21-13-7-15-23(29)3)31(35)27-19-11-9-17-25(27)26-18-10-12-20-28(26)32(36)34(6-2)30-22-14-8-16-24(30)4/h7-22H,5-6H2,1-4H3. The van der Waals surface area contributed by atoms with Crippen molar-refractivity contribution in [2.45, 2.75) is 27.7 Å². The van der Waals surface area contributed by atoms with Gasteiger partial charge in [0, 0.05) is 35.6 Å². The lowest BCUT2D eigenvalue weighted by molar-refractivity contribution is 0.0979. The van der Waals surface area contributed by atoms with Gasteiger partial charge in [-0.2, -0.15) is 0 Å². The second-order valence-corrected chi connectivity index (χ2v) is 8.76. The highest BCUT2D eigenvalue weighted by atomic mass is 16.2. The number of nitrogens with zero attached hydrogens (tertiary/aromatic N) is 2. The number of carbonyl (C=O) groups is 2. The van der Waals surface area contributed by atoms with E-state index in [1.165, 1.54) is 0 Å². The quantitative estimate of drug-likeness (QED) is 0.281. The lowest BCUT2D eigenvalue weighted by Gasteiger charge is -2.26. The third kappa shape index (κ3) is 4.80. The fourth-order valence-corrected chi connectivity index (χ4v) is 4.68. The van der Waals surface area contributed by atoms with E-state index in [1.54, 1.807) is 9.80 Å². The van der Waals surface area contributed by atoms with Gasteiger partial charge in [-0.3, -0.25) is 9.59 Å². The summed E-state index contributed by atoms with van der Waals surface area (Å²) in [6.07, 6.45) is 0. The van der Waals surface area contributed by atoms with Crippen molar-refractivity contribution >= 4 is 23.2 Å². The van der Waals surface area contributed by atoms with Gasteiger partial charge in [0.05, 0.1) is 0 Å². The van der Waals surface area contributed by atoms with Crippen molar-refractivity contribution in [3.05, 3.63) is 119 Å². The molecular formula is C32H32N2O2. The van der Waals surface area contributed by atoms with Crippen molar-refractivity contribution in [3.63, 3.8) is 0 Å². The Labute approximate surface area is 213 Å². The van der Waals surface area contributed by atoms with Gasteiger partial charge in [-0.1, -0.05) is 72.8 Å². The zero-order valence-corrected chi connectivity index (χ0v) is 21.4. The normalized spacial score (nSPS) is 10.7. The van der Waals surface area contributed by atoms with Crippen LogP contribution < -0.4 is 9.80 Å². The SMILES string of the molecule is CCN(C(=O)c1ccccc1-c1ccccc1C(=O)N(CC)c1ccccc1C)c1ccccc1C. The van der Waals surface area contributed by atoms with Crippen LogP contribution in [0.4, 0.5) is 11.4 Å². The molecule has 0 fully saturated rings. The second-order valence-electron chi connectivity index (χ2n) is 8.76. The van der Waals surface area contributed by atoms with E-state index in [4.69, 9.17) is 0 Å². The molecule has 0 radical (unpaired) electrons. The van der Waals surface area contributed by atoms with Crippen LogP contribution >= 0.6 is 0 Å². The third-order valence-corrected chi connectivity index (χ3v) is 6.54. The highest BCUT2D eigenvalue weighted by Crippen LogP contribution is 2.32. The summed E-state index contributed by atoms with van der Waals surface area (Å²) in [4.78, 5) is 31.4. The summed E-state index contributed by atoms with van der Waals surface area (Å²) in [5.74, 6) is -0.174. The zero-order valence-electron chi connectivity index (χ0n) is 21.4. The minimum atomic E-state index is -0.0871. The van der Waals surface area contributed by atoms with Crippen LogP contribution in [-0.4, -0.2) is 24.9 Å². The van der Waals surface area contributed by atoms with Crippen molar-refractivity contribution in [2.24, 2.45) is 0 Å². The molecule has 0 aromatic heterocycles. The topological polar surface area (TPSA) is 40.6 Å². The Morgan fingerprint density at radius 2 is 0.861 bits per heavy atom. The monoisotopic (exact) mass is 476 g/mol. The minimum absolute atomic E-state index is 0.0871. The summed E-state index contributed by atoms with van der Waals surface area (Å²) in [7, 11) is 0. The predicted octanol–water partition coefficient (Wildman–Crippen LogP) is 7.30. The molecule has 0 aliphatic carbocycles. The van der Waals surface area contributed by atoms with Crippen LogP contribution in [-0.2, 0) is 0 Å². The van der Waals surface area contributed by atoms with E-state index in [2.05, 4.69) is 0 Å². The Bertz CT molecular complexity index is 1290. The van der Waals surface area contributed by atoms with Gasteiger partial charge in [0.25, 0.3) is 11.8 Å². The Kier molecular flexibility index (Phi) is 7.65. The average molecular weight is 477 g/mol. The van der Waals surface area contributed by atoms with Crippen LogP contribution in [0.1, 0.15) is 45.7 Å². The first-order chi connectivity index (χ1) is 17.5. The lowest BCUT2D eigenvalue weighted by atomic mass is 9.93. The summed E-state index contributed by atoms with van der Waals surface area (Å²) >= 11 is 0. The largest absolute Gasteiger partial charge is 0.308 e. The minimum Gasteiger partial charge on any atom is -0.308 e. The van der Waals surface area contributed by atoms with E-state index < -0.39 is 0 Å². The van der Waals surface area contributed by atoms with Crippen molar-refractivity contribution in [2.75, 3.05) is 22.9 Å². The molecule has 0 spiro atoms. The van der Waals surface area contributed by atoms with E-state index in [0.717, 1.165) is 33.6 Å². The number of carbonyl (C=O) groups excluding carboxylic acids is 2. The molecule has 2 amide bonds. The van der Waals surface area contributed by atoms with E-state index in [9.17, 15) is 9.59 Å². The molecule has 0 bridgehead atoms. The van der Waals surface area contributed by atoms with Gasteiger partial charge >= 0.3 is 0 Å². The molecule has 0 atom stereocenters. The number of hydrogen-bond acceptors (Lipinski definition) is 2. The van der Waals surface area contributed by atoms with Crippen LogP contribution in [0.25, 0.3) is 11.1 Å². The first-order valence-electron chi connectivity index (χ1n) is 12.4. The Balaban J connectivity index is 1.80. The molecule has 0 saturated heterocycles. The Morgan fingerprint density at radius 1 is 0.528 bits per heavy atom. The Hall–Kier alpha value is -4.18. The maximum absolute atomic E-state index is 13.9. The number of aryl methyl sites for hydroxylation is 2. The van der Waals surface area contributed by atoms with E-state index in [-0.39, 0.29) is 11.8 Å². The maximum atomic E-state index is 13.9. The van der Waals surface area contributed by atoms with Crippen LogP contribution in [0.3, 0.4) is 0 Å². The second kappa shape index (κ2) is 11.0. The summed E-state index contributed by atoms with van der Waals surface area (Å²) in [6, 6.07) is 30.9. The molecule has 0 aliphatic heterocycles. The molecule has 0 saturated carbocycles. The van der Waals surface area contributed by atoms with Crippen LogP contribution in [0, 0.1) is 13.8 Å². The lowest BCUT2D eigenvalue weighted by Crippen LogP contribution is -2.32. The molecule has 36 heavy (non-hydrogen) atoms. The van der Waals surface area contributed by atoms with Gasteiger partial charge in [-0.15, -0.1) is 0 Å². The predicted molar refractivity (Wildman–Crippen MR) is 149 cm³/mol. The average Bonchev–Trinajstić information content (AvgIpc) is 2.91. The molecule has 4 rings (SSSR count). The number of rotatable bonds is 7. The first-order valence-corrected chi connectivity index (χ1v) is 12.4. The number of amides is 2. The molecule has 0 unspecified atom stereocenters. The van der Waals surface area contributed by atoms with Gasteiger partial charge in [-0.05, 0) is 74.2 Å². The summed E-state index contributed by atoms with van der Waals surface area (Å²) in [5, 5.41) is 0. The first kappa shape index (κ1) is 24.9. The fourth-order valence-electron chi connectivity index (χ4n) is 4.68. The van der Waals surface area contributed by atoms with Gasteiger partial charge in [0.2, 0.25) is 0 Å². The highest BCUT2D eigenvalue weighted by Gasteiger charge is 2.25. The summed E-state index contributed by atoms with van der Waals surface area (Å²) in [6.45, 7) is 9.05. The molecule has 4 nitrogen and oxygen atoms in total. The fraction of sp³-hybridized carbons (Fsp3) is 0.188. The van der Waals surface area contributed by atoms with Crippen molar-refractivity contribution in [3.8, 4) is 11.1 Å². The number of benzene rings is 4. The van der Waals surface area contributed by atoms with Gasteiger partial charge in [-0.25, -0.2) is 0 Å². The number of anilines is 2. The van der Waals surface area contributed by atoms with Gasteiger partial charge in [0.15, 0.2) is 0 Å². The molecule has 0 aliphatic rings. The summed E-state index contributed by atoms with van der Waals surface area (Å²) in [5.41, 5.74) is 6.50. The van der Waals surface area contributed by atoms with Gasteiger partial charge in [0.1, 0.15) is 0 Å². The number of hydrogen-bond donors (Lipinski definition) is 0. The molecule has 4 aromatic carbocycles. The highest BCUT2D eigenvalue weighted by molar-refractivity contribution is 6.14. The maximum Gasteiger partial charge on any atom is 0.258 e. The number of para-hydroxylation sites is 2. The molecule has 0 N–H and O–H groups in total. The molecule has 4 aromatic rings. The Morgan fingerprint density at radius 3 is 1.22 bits per heavy atom. The summed E-state index contributed by atoms with van der Waals surface area (Å²) < 4.78 is 0. The molecule has 0 heterocycles.